The summed E-state index contributed by atoms with van der Waals surface area (Å²) in [5.74, 6) is 0.0665. The summed E-state index contributed by atoms with van der Waals surface area (Å²) in [6.45, 7) is 3.33. The van der Waals surface area contributed by atoms with E-state index in [-0.39, 0.29) is 5.91 Å². The fourth-order valence-electron chi connectivity index (χ4n) is 1.34. The largest absolute Gasteiger partial charge is 0.342 e. The van der Waals surface area contributed by atoms with E-state index in [1.54, 1.807) is 11.9 Å². The molecule has 0 aliphatic carbocycles. The maximum atomic E-state index is 11.7. The van der Waals surface area contributed by atoms with Crippen LogP contribution >= 0.6 is 0 Å². The average Bonchev–Trinajstić information content (AvgIpc) is 2.28. The van der Waals surface area contributed by atoms with Gasteiger partial charge in [0.25, 0.3) is 5.91 Å². The first-order valence-electron chi connectivity index (χ1n) is 5.23. The van der Waals surface area contributed by atoms with Gasteiger partial charge in [-0.05, 0) is 37.6 Å². The van der Waals surface area contributed by atoms with Crippen LogP contribution in [0.2, 0.25) is 0 Å². The Bertz CT molecular complexity index is 319. The van der Waals surface area contributed by atoms with Gasteiger partial charge in [0.05, 0.1) is 0 Å². The van der Waals surface area contributed by atoms with E-state index in [9.17, 15) is 4.79 Å². The number of hydrogen-bond donors (Lipinski definition) is 1. The third-order valence-electron chi connectivity index (χ3n) is 2.45. The van der Waals surface area contributed by atoms with Gasteiger partial charge in [0.1, 0.15) is 0 Å². The van der Waals surface area contributed by atoms with Crippen LogP contribution in [0.15, 0.2) is 24.3 Å². The molecule has 1 aromatic rings. The Labute approximate surface area is 90.9 Å². The van der Waals surface area contributed by atoms with E-state index in [2.05, 4.69) is 0 Å². The topological polar surface area (TPSA) is 46.3 Å². The molecule has 0 aliphatic rings. The molecule has 0 atom stereocenters. The Balaban J connectivity index is 2.75. The van der Waals surface area contributed by atoms with Gasteiger partial charge in [0.15, 0.2) is 0 Å². The van der Waals surface area contributed by atoms with Crippen molar-refractivity contribution in [3.05, 3.63) is 35.4 Å². The molecule has 0 saturated carbocycles. The molecule has 1 aromatic carbocycles. The Morgan fingerprint density at radius 2 is 1.93 bits per heavy atom. The van der Waals surface area contributed by atoms with Crippen molar-refractivity contribution in [3.63, 3.8) is 0 Å². The fourth-order valence-corrected chi connectivity index (χ4v) is 1.34. The summed E-state index contributed by atoms with van der Waals surface area (Å²) in [6, 6.07) is 7.64. The second-order valence-electron chi connectivity index (χ2n) is 3.55. The van der Waals surface area contributed by atoms with Crippen LogP contribution in [0.3, 0.4) is 0 Å². The van der Waals surface area contributed by atoms with Crippen molar-refractivity contribution in [3.8, 4) is 0 Å². The van der Waals surface area contributed by atoms with E-state index in [1.165, 1.54) is 5.56 Å². The van der Waals surface area contributed by atoms with E-state index >= 15 is 0 Å². The lowest BCUT2D eigenvalue weighted by molar-refractivity contribution is 0.0802. The second-order valence-corrected chi connectivity index (χ2v) is 3.55. The molecule has 0 saturated heterocycles. The first-order valence-corrected chi connectivity index (χ1v) is 5.23. The zero-order valence-corrected chi connectivity index (χ0v) is 9.36. The Morgan fingerprint density at radius 1 is 1.33 bits per heavy atom. The van der Waals surface area contributed by atoms with Crippen molar-refractivity contribution in [2.75, 3.05) is 20.1 Å². The zero-order chi connectivity index (χ0) is 11.3. The number of rotatable bonds is 4. The predicted octanol–water partition coefficient (Wildman–Crippen LogP) is 1.28. The van der Waals surface area contributed by atoms with Crippen molar-refractivity contribution >= 4 is 5.91 Å². The highest BCUT2D eigenvalue weighted by Gasteiger charge is 2.08. The third kappa shape index (κ3) is 3.06. The molecule has 82 valence electrons. The van der Waals surface area contributed by atoms with E-state index in [1.807, 2.05) is 31.2 Å². The monoisotopic (exact) mass is 206 g/mol. The SMILES string of the molecule is CCN(C)C(=O)c1ccc(CCN)cc1. The van der Waals surface area contributed by atoms with Gasteiger partial charge in [-0.3, -0.25) is 4.79 Å². The van der Waals surface area contributed by atoms with Crippen LogP contribution < -0.4 is 5.73 Å². The van der Waals surface area contributed by atoms with Gasteiger partial charge in [-0.25, -0.2) is 0 Å². The van der Waals surface area contributed by atoms with Crippen molar-refractivity contribution in [2.24, 2.45) is 5.73 Å². The number of nitrogens with two attached hydrogens (primary N) is 1. The molecule has 0 radical (unpaired) electrons. The molecule has 0 unspecified atom stereocenters. The lowest BCUT2D eigenvalue weighted by Gasteiger charge is -2.14. The summed E-state index contributed by atoms with van der Waals surface area (Å²) in [7, 11) is 1.80. The minimum atomic E-state index is 0.0665. The van der Waals surface area contributed by atoms with Gasteiger partial charge >= 0.3 is 0 Å². The van der Waals surface area contributed by atoms with Gasteiger partial charge in [-0.1, -0.05) is 12.1 Å². The van der Waals surface area contributed by atoms with Crippen molar-refractivity contribution in [1.29, 1.82) is 0 Å². The second kappa shape index (κ2) is 5.51. The van der Waals surface area contributed by atoms with Crippen molar-refractivity contribution in [2.45, 2.75) is 13.3 Å². The van der Waals surface area contributed by atoms with Crippen LogP contribution in [0, 0.1) is 0 Å². The van der Waals surface area contributed by atoms with Crippen LogP contribution in [0.5, 0.6) is 0 Å². The van der Waals surface area contributed by atoms with Gasteiger partial charge in [-0.15, -0.1) is 0 Å². The molecule has 1 amide bonds. The summed E-state index contributed by atoms with van der Waals surface area (Å²) in [6.07, 6.45) is 0.859. The Morgan fingerprint density at radius 3 is 2.40 bits per heavy atom. The van der Waals surface area contributed by atoms with Crippen LogP contribution in [0.4, 0.5) is 0 Å². The minimum Gasteiger partial charge on any atom is -0.342 e. The van der Waals surface area contributed by atoms with E-state index in [4.69, 9.17) is 5.73 Å². The number of nitrogens with zero attached hydrogens (tertiary/aromatic N) is 1. The van der Waals surface area contributed by atoms with Crippen LogP contribution in [-0.4, -0.2) is 30.9 Å². The first kappa shape index (κ1) is 11.7. The maximum Gasteiger partial charge on any atom is 0.253 e. The highest BCUT2D eigenvalue weighted by Crippen LogP contribution is 2.07. The number of amides is 1. The fraction of sp³-hybridized carbons (Fsp3) is 0.417. The lowest BCUT2D eigenvalue weighted by atomic mass is 10.1. The van der Waals surface area contributed by atoms with E-state index in [0.29, 0.717) is 6.54 Å². The third-order valence-corrected chi connectivity index (χ3v) is 2.45. The number of benzene rings is 1. The molecule has 0 fully saturated rings. The molecule has 0 aliphatic heterocycles. The lowest BCUT2D eigenvalue weighted by Crippen LogP contribution is -2.26. The molecule has 0 spiro atoms. The summed E-state index contributed by atoms with van der Waals surface area (Å²) in [4.78, 5) is 13.4. The number of carbonyl (C=O) groups is 1. The summed E-state index contributed by atoms with van der Waals surface area (Å²) in [5, 5.41) is 0. The molecule has 3 heteroatoms. The Hall–Kier alpha value is -1.35. The summed E-state index contributed by atoms with van der Waals surface area (Å²) >= 11 is 0. The highest BCUT2D eigenvalue weighted by molar-refractivity contribution is 5.94. The molecular formula is C12H18N2O. The molecule has 15 heavy (non-hydrogen) atoms. The quantitative estimate of drug-likeness (QED) is 0.806. The number of carbonyl (C=O) groups excluding carboxylic acids is 1. The van der Waals surface area contributed by atoms with Gasteiger partial charge in [-0.2, -0.15) is 0 Å². The normalized spacial score (nSPS) is 10.1. The molecule has 2 N–H and O–H groups in total. The average molecular weight is 206 g/mol. The summed E-state index contributed by atoms with van der Waals surface area (Å²) < 4.78 is 0. The standard InChI is InChI=1S/C12H18N2O/c1-3-14(2)12(15)11-6-4-10(5-7-11)8-9-13/h4-7H,3,8-9,13H2,1-2H3. The minimum absolute atomic E-state index is 0.0665. The predicted molar refractivity (Wildman–Crippen MR) is 61.8 cm³/mol. The maximum absolute atomic E-state index is 11.7. The van der Waals surface area contributed by atoms with Gasteiger partial charge in [0, 0.05) is 19.2 Å². The van der Waals surface area contributed by atoms with E-state index < -0.39 is 0 Å². The Kier molecular flexibility index (Phi) is 4.31. The molecule has 0 aromatic heterocycles. The van der Waals surface area contributed by atoms with Crippen molar-refractivity contribution in [1.82, 2.24) is 4.90 Å². The van der Waals surface area contributed by atoms with Crippen LogP contribution in [-0.2, 0) is 6.42 Å². The molecular weight excluding hydrogens is 188 g/mol. The van der Waals surface area contributed by atoms with Gasteiger partial charge < -0.3 is 10.6 Å². The first-order chi connectivity index (χ1) is 7.19. The number of hydrogen-bond acceptors (Lipinski definition) is 2. The summed E-state index contributed by atoms with van der Waals surface area (Å²) in [5.41, 5.74) is 7.36. The smallest absolute Gasteiger partial charge is 0.253 e. The van der Waals surface area contributed by atoms with Crippen LogP contribution in [0.25, 0.3) is 0 Å². The highest BCUT2D eigenvalue weighted by atomic mass is 16.2. The molecule has 0 bridgehead atoms. The van der Waals surface area contributed by atoms with Gasteiger partial charge in [0.2, 0.25) is 0 Å². The molecule has 0 heterocycles. The zero-order valence-electron chi connectivity index (χ0n) is 9.36. The van der Waals surface area contributed by atoms with Crippen LogP contribution in [0.1, 0.15) is 22.8 Å². The van der Waals surface area contributed by atoms with Crippen molar-refractivity contribution < 1.29 is 4.79 Å². The molecule has 3 nitrogen and oxygen atoms in total. The van der Waals surface area contributed by atoms with E-state index in [0.717, 1.165) is 18.5 Å². The molecule has 1 rings (SSSR count).